The average molecular weight is 479 g/mol. The molecule has 0 spiro atoms. The number of carbonyl (C=O) groups is 1. The highest BCUT2D eigenvalue weighted by molar-refractivity contribution is 7.90. The predicted molar refractivity (Wildman–Crippen MR) is 132 cm³/mol. The van der Waals surface area contributed by atoms with Gasteiger partial charge in [-0.2, -0.15) is 0 Å². The molecule has 2 aromatic carbocycles. The van der Waals surface area contributed by atoms with Gasteiger partial charge in [0.1, 0.15) is 5.60 Å². The standard InChI is InChI=1S/C25H26N4O4S/c1-25(2,3)33-24(30)17-9-11-18(12-10-17)27-15-21-20-13-14-29(23(20)28-16-22(21)26)34(31,32)19-7-5-4-6-8-19/h4-14,16,27H,15,26H2,1-3H3. The summed E-state index contributed by atoms with van der Waals surface area (Å²) in [6.45, 7) is 5.79. The minimum Gasteiger partial charge on any atom is -0.456 e. The van der Waals surface area contributed by atoms with Gasteiger partial charge >= 0.3 is 5.97 Å². The van der Waals surface area contributed by atoms with Crippen LogP contribution >= 0.6 is 0 Å². The monoisotopic (exact) mass is 478 g/mol. The summed E-state index contributed by atoms with van der Waals surface area (Å²) in [5.41, 5.74) is 8.31. The predicted octanol–water partition coefficient (Wildman–Crippen LogP) is 4.42. The molecule has 0 aliphatic heterocycles. The zero-order valence-corrected chi connectivity index (χ0v) is 20.0. The maximum Gasteiger partial charge on any atom is 0.338 e. The summed E-state index contributed by atoms with van der Waals surface area (Å²) in [5, 5.41) is 3.91. The molecule has 4 aromatic rings. The average Bonchev–Trinajstić information content (AvgIpc) is 3.23. The molecule has 0 unspecified atom stereocenters. The van der Waals surface area contributed by atoms with Crippen LogP contribution in [0.4, 0.5) is 11.4 Å². The molecule has 0 saturated carbocycles. The molecule has 9 heteroatoms. The first kappa shape index (κ1) is 23.3. The fourth-order valence-corrected chi connectivity index (χ4v) is 4.80. The zero-order valence-electron chi connectivity index (χ0n) is 19.1. The van der Waals surface area contributed by atoms with Crippen molar-refractivity contribution in [2.24, 2.45) is 0 Å². The molecule has 0 saturated heterocycles. The Hall–Kier alpha value is -3.85. The number of anilines is 2. The second-order valence-corrected chi connectivity index (χ2v) is 10.6. The Labute approximate surface area is 198 Å². The van der Waals surface area contributed by atoms with Crippen molar-refractivity contribution in [2.45, 2.75) is 37.8 Å². The van der Waals surface area contributed by atoms with E-state index in [0.717, 1.165) is 15.2 Å². The first-order valence-corrected chi connectivity index (χ1v) is 12.1. The molecule has 8 nitrogen and oxygen atoms in total. The van der Waals surface area contributed by atoms with Crippen LogP contribution in [0.2, 0.25) is 0 Å². The second-order valence-electron chi connectivity index (χ2n) is 8.79. The van der Waals surface area contributed by atoms with Crippen molar-refractivity contribution in [1.29, 1.82) is 0 Å². The van der Waals surface area contributed by atoms with E-state index in [9.17, 15) is 13.2 Å². The Morgan fingerprint density at radius 3 is 2.38 bits per heavy atom. The lowest BCUT2D eigenvalue weighted by Crippen LogP contribution is -2.23. The van der Waals surface area contributed by atoms with Crippen LogP contribution in [0.5, 0.6) is 0 Å². The summed E-state index contributed by atoms with van der Waals surface area (Å²) in [4.78, 5) is 16.7. The van der Waals surface area contributed by atoms with Gasteiger partial charge in [0, 0.05) is 29.4 Å². The molecule has 0 aliphatic rings. The lowest BCUT2D eigenvalue weighted by atomic mass is 10.1. The van der Waals surface area contributed by atoms with Gasteiger partial charge in [0.15, 0.2) is 5.65 Å². The van der Waals surface area contributed by atoms with Crippen molar-refractivity contribution in [3.05, 3.63) is 84.2 Å². The molecule has 3 N–H and O–H groups in total. The Balaban J connectivity index is 1.58. The number of esters is 1. The van der Waals surface area contributed by atoms with Gasteiger partial charge in [0.25, 0.3) is 10.0 Å². The number of nitrogens with two attached hydrogens (primary N) is 1. The Kier molecular flexibility index (Phi) is 6.05. The normalized spacial score (nSPS) is 12.0. The van der Waals surface area contributed by atoms with Crippen LogP contribution in [0.25, 0.3) is 11.0 Å². The van der Waals surface area contributed by atoms with Gasteiger partial charge in [-0.25, -0.2) is 22.2 Å². The van der Waals surface area contributed by atoms with E-state index in [4.69, 9.17) is 10.5 Å². The van der Waals surface area contributed by atoms with Crippen LogP contribution in [0.1, 0.15) is 36.7 Å². The summed E-state index contributed by atoms with van der Waals surface area (Å²) in [6, 6.07) is 16.8. The van der Waals surface area contributed by atoms with E-state index in [1.165, 1.54) is 12.4 Å². The maximum absolute atomic E-state index is 13.1. The maximum atomic E-state index is 13.1. The summed E-state index contributed by atoms with van der Waals surface area (Å²) in [6.07, 6.45) is 2.94. The SMILES string of the molecule is CC(C)(C)OC(=O)c1ccc(NCc2c(N)cnc3c2ccn3S(=O)(=O)c2ccccc2)cc1. The topological polar surface area (TPSA) is 116 Å². The molecule has 34 heavy (non-hydrogen) atoms. The number of rotatable bonds is 6. The number of nitrogen functional groups attached to an aromatic ring is 1. The molecule has 2 heterocycles. The Morgan fingerprint density at radius 1 is 1.06 bits per heavy atom. The number of nitrogens with one attached hydrogen (secondary N) is 1. The molecule has 0 atom stereocenters. The Bertz CT molecular complexity index is 1440. The minimum atomic E-state index is -3.80. The van der Waals surface area contributed by atoms with E-state index >= 15 is 0 Å². The molecule has 0 amide bonds. The van der Waals surface area contributed by atoms with Crippen molar-refractivity contribution in [1.82, 2.24) is 8.96 Å². The zero-order chi connectivity index (χ0) is 24.5. The quantitative estimate of drug-likeness (QED) is 0.394. The van der Waals surface area contributed by atoms with E-state index in [1.54, 1.807) is 60.7 Å². The van der Waals surface area contributed by atoms with E-state index in [-0.39, 0.29) is 10.9 Å². The molecule has 0 bridgehead atoms. The number of aromatic nitrogens is 2. The molecule has 176 valence electrons. The molecular weight excluding hydrogens is 452 g/mol. The minimum absolute atomic E-state index is 0.177. The number of ether oxygens (including phenoxy) is 1. The second kappa shape index (κ2) is 8.83. The molecule has 2 aromatic heterocycles. The molecule has 4 rings (SSSR count). The van der Waals surface area contributed by atoms with Gasteiger partial charge in [-0.3, -0.25) is 0 Å². The highest BCUT2D eigenvalue weighted by Gasteiger charge is 2.21. The van der Waals surface area contributed by atoms with Crippen molar-refractivity contribution in [3.8, 4) is 0 Å². The largest absolute Gasteiger partial charge is 0.456 e. The van der Waals surface area contributed by atoms with Crippen LogP contribution < -0.4 is 11.1 Å². The Morgan fingerprint density at radius 2 is 1.74 bits per heavy atom. The van der Waals surface area contributed by atoms with E-state index < -0.39 is 15.6 Å². The van der Waals surface area contributed by atoms with Crippen LogP contribution in [-0.2, 0) is 21.3 Å². The van der Waals surface area contributed by atoms with Crippen molar-refractivity contribution >= 4 is 38.4 Å². The summed E-state index contributed by atoms with van der Waals surface area (Å²) < 4.78 is 32.7. The number of hydrogen-bond donors (Lipinski definition) is 2. The van der Waals surface area contributed by atoms with E-state index in [2.05, 4.69) is 10.3 Å². The molecule has 0 radical (unpaired) electrons. The highest BCUT2D eigenvalue weighted by Crippen LogP contribution is 2.27. The van der Waals surface area contributed by atoms with E-state index in [0.29, 0.717) is 28.8 Å². The van der Waals surface area contributed by atoms with Gasteiger partial charge in [-0.1, -0.05) is 18.2 Å². The summed E-state index contributed by atoms with van der Waals surface area (Å²) in [5.74, 6) is -0.389. The smallest absolute Gasteiger partial charge is 0.338 e. The van der Waals surface area contributed by atoms with Crippen molar-refractivity contribution in [3.63, 3.8) is 0 Å². The van der Waals surface area contributed by atoms with Crippen LogP contribution in [-0.4, -0.2) is 28.9 Å². The number of hydrogen-bond acceptors (Lipinski definition) is 7. The third kappa shape index (κ3) is 4.74. The van der Waals surface area contributed by atoms with Gasteiger partial charge in [-0.15, -0.1) is 0 Å². The third-order valence-corrected chi connectivity index (χ3v) is 6.79. The fourth-order valence-electron chi connectivity index (χ4n) is 3.48. The number of benzene rings is 2. The molecule has 0 fully saturated rings. The van der Waals surface area contributed by atoms with Crippen LogP contribution in [0, 0.1) is 0 Å². The van der Waals surface area contributed by atoms with Crippen LogP contribution in [0.15, 0.2) is 78.0 Å². The first-order valence-electron chi connectivity index (χ1n) is 10.7. The lowest BCUT2D eigenvalue weighted by Gasteiger charge is -2.19. The first-order chi connectivity index (χ1) is 16.1. The third-order valence-electron chi connectivity index (χ3n) is 5.11. The van der Waals surface area contributed by atoms with Crippen LogP contribution in [0.3, 0.4) is 0 Å². The number of fused-ring (bicyclic) bond motifs is 1. The lowest BCUT2D eigenvalue weighted by molar-refractivity contribution is 0.00695. The summed E-state index contributed by atoms with van der Waals surface area (Å²) in [7, 11) is -3.80. The molecule has 0 aliphatic carbocycles. The fraction of sp³-hybridized carbons (Fsp3) is 0.200. The van der Waals surface area contributed by atoms with Gasteiger partial charge < -0.3 is 15.8 Å². The summed E-state index contributed by atoms with van der Waals surface area (Å²) >= 11 is 0. The number of nitrogens with zero attached hydrogens (tertiary/aromatic N) is 2. The van der Waals surface area contributed by atoms with E-state index in [1.807, 2.05) is 20.8 Å². The van der Waals surface area contributed by atoms with Gasteiger partial charge in [-0.05, 0) is 63.2 Å². The van der Waals surface area contributed by atoms with Gasteiger partial charge in [0.2, 0.25) is 0 Å². The van der Waals surface area contributed by atoms with Crippen molar-refractivity contribution in [2.75, 3.05) is 11.1 Å². The number of pyridine rings is 1. The highest BCUT2D eigenvalue weighted by atomic mass is 32.2. The van der Waals surface area contributed by atoms with Crippen molar-refractivity contribution < 1.29 is 17.9 Å². The van der Waals surface area contributed by atoms with Gasteiger partial charge in [0.05, 0.1) is 22.3 Å². The number of carbonyl (C=O) groups excluding carboxylic acids is 1. The molecular formula is C25H26N4O4S.